The minimum Gasteiger partial charge on any atom is -0.493 e. The highest BCUT2D eigenvalue weighted by atomic mass is 16.5. The Hall–Kier alpha value is -3.79. The number of amides is 1. The molecule has 28 heavy (non-hydrogen) atoms. The van der Waals surface area contributed by atoms with Gasteiger partial charge in [-0.3, -0.25) is 14.3 Å². The monoisotopic (exact) mass is 374 g/mol. The number of pyridine rings is 1. The molecule has 1 aromatic carbocycles. The lowest BCUT2D eigenvalue weighted by Gasteiger charge is -2.24. The highest BCUT2D eigenvalue weighted by Gasteiger charge is 2.31. The molecule has 2 aromatic heterocycles. The van der Waals surface area contributed by atoms with Crippen molar-refractivity contribution < 1.29 is 14.3 Å². The molecule has 1 aliphatic heterocycles. The zero-order valence-electron chi connectivity index (χ0n) is 15.3. The van der Waals surface area contributed by atoms with Crippen LogP contribution in [0.25, 0.3) is 5.69 Å². The summed E-state index contributed by atoms with van der Waals surface area (Å²) in [6.45, 7) is 0.131. The normalized spacial score (nSPS) is 15.3. The fourth-order valence-electron chi connectivity index (χ4n) is 3.32. The Labute approximate surface area is 162 Å². The van der Waals surface area contributed by atoms with Crippen molar-refractivity contribution in [1.82, 2.24) is 14.5 Å². The van der Waals surface area contributed by atoms with Gasteiger partial charge in [0.1, 0.15) is 18.8 Å². The molecule has 0 aliphatic carbocycles. The summed E-state index contributed by atoms with van der Waals surface area (Å²) in [6.07, 6.45) is 10.7. The number of ether oxygens (including phenoxy) is 2. The number of aromatic nitrogens is 3. The SMILES string of the molecule is C#CCOc1cc([C@H]2CC(=O)Nc3c2ncn3-c2cccnc2)ccc1OC. The van der Waals surface area contributed by atoms with Gasteiger partial charge in [-0.25, -0.2) is 4.98 Å². The fraction of sp³-hybridized carbons (Fsp3) is 0.190. The van der Waals surface area contributed by atoms with Crippen molar-refractivity contribution in [3.05, 3.63) is 60.3 Å². The van der Waals surface area contributed by atoms with E-state index in [1.165, 1.54) is 0 Å². The smallest absolute Gasteiger partial charge is 0.226 e. The first-order valence-corrected chi connectivity index (χ1v) is 8.73. The fourth-order valence-corrected chi connectivity index (χ4v) is 3.32. The quantitative estimate of drug-likeness (QED) is 0.695. The molecule has 3 heterocycles. The predicted molar refractivity (Wildman–Crippen MR) is 104 cm³/mol. The predicted octanol–water partition coefficient (Wildman–Crippen LogP) is 2.76. The number of carbonyl (C=O) groups is 1. The second-order valence-electron chi connectivity index (χ2n) is 6.27. The van der Waals surface area contributed by atoms with E-state index in [9.17, 15) is 4.79 Å². The van der Waals surface area contributed by atoms with E-state index in [1.807, 2.05) is 34.9 Å². The largest absolute Gasteiger partial charge is 0.493 e. The highest BCUT2D eigenvalue weighted by molar-refractivity contribution is 5.94. The number of imidazole rings is 1. The molecule has 1 aliphatic rings. The molecule has 0 saturated heterocycles. The molecule has 0 fully saturated rings. The van der Waals surface area contributed by atoms with E-state index in [0.717, 1.165) is 16.9 Å². The summed E-state index contributed by atoms with van der Waals surface area (Å²) < 4.78 is 12.8. The summed E-state index contributed by atoms with van der Waals surface area (Å²) >= 11 is 0. The maximum atomic E-state index is 12.4. The molecule has 0 bridgehead atoms. The number of terminal acetylenes is 1. The second kappa shape index (κ2) is 7.45. The molecule has 1 N–H and O–H groups in total. The lowest BCUT2D eigenvalue weighted by molar-refractivity contribution is -0.116. The van der Waals surface area contributed by atoms with E-state index in [4.69, 9.17) is 15.9 Å². The number of hydrogen-bond acceptors (Lipinski definition) is 5. The number of anilines is 1. The Bertz CT molecular complexity index is 1050. The van der Waals surface area contributed by atoms with Crippen LogP contribution in [0.3, 0.4) is 0 Å². The van der Waals surface area contributed by atoms with Gasteiger partial charge in [-0.05, 0) is 29.8 Å². The molecule has 1 amide bonds. The van der Waals surface area contributed by atoms with Gasteiger partial charge in [0.2, 0.25) is 5.91 Å². The molecule has 0 unspecified atom stereocenters. The van der Waals surface area contributed by atoms with Crippen LogP contribution in [0, 0.1) is 12.3 Å². The molecule has 0 spiro atoms. The van der Waals surface area contributed by atoms with Gasteiger partial charge in [-0.15, -0.1) is 6.42 Å². The maximum Gasteiger partial charge on any atom is 0.226 e. The van der Waals surface area contributed by atoms with Crippen LogP contribution in [-0.2, 0) is 4.79 Å². The van der Waals surface area contributed by atoms with E-state index in [-0.39, 0.29) is 24.9 Å². The first kappa shape index (κ1) is 17.6. The average Bonchev–Trinajstić information content (AvgIpc) is 3.15. The molecule has 1 atom stereocenters. The summed E-state index contributed by atoms with van der Waals surface area (Å²) in [5.41, 5.74) is 2.52. The Morgan fingerprint density at radius 2 is 2.25 bits per heavy atom. The van der Waals surface area contributed by atoms with Crippen LogP contribution in [0.5, 0.6) is 11.5 Å². The van der Waals surface area contributed by atoms with Crippen LogP contribution < -0.4 is 14.8 Å². The molecule has 4 rings (SSSR count). The van der Waals surface area contributed by atoms with Crippen molar-refractivity contribution in [3.63, 3.8) is 0 Å². The van der Waals surface area contributed by atoms with E-state index >= 15 is 0 Å². The summed E-state index contributed by atoms with van der Waals surface area (Å²) in [6, 6.07) is 9.32. The number of nitrogens with zero attached hydrogens (tertiary/aromatic N) is 3. The maximum absolute atomic E-state index is 12.4. The summed E-state index contributed by atoms with van der Waals surface area (Å²) in [4.78, 5) is 21.1. The minimum absolute atomic E-state index is 0.0787. The Morgan fingerprint density at radius 1 is 1.36 bits per heavy atom. The lowest BCUT2D eigenvalue weighted by atomic mass is 9.89. The third kappa shape index (κ3) is 3.16. The molecule has 7 heteroatoms. The molecular weight excluding hydrogens is 356 g/mol. The van der Waals surface area contributed by atoms with Gasteiger partial charge in [0, 0.05) is 18.5 Å². The zero-order chi connectivity index (χ0) is 19.5. The van der Waals surface area contributed by atoms with E-state index in [1.54, 1.807) is 25.8 Å². The van der Waals surface area contributed by atoms with Crippen molar-refractivity contribution in [1.29, 1.82) is 0 Å². The molecule has 7 nitrogen and oxygen atoms in total. The number of methoxy groups -OCH3 is 1. The second-order valence-corrected chi connectivity index (χ2v) is 6.27. The van der Waals surface area contributed by atoms with Crippen molar-refractivity contribution in [2.75, 3.05) is 19.0 Å². The van der Waals surface area contributed by atoms with Gasteiger partial charge in [0.25, 0.3) is 0 Å². The average molecular weight is 374 g/mol. The van der Waals surface area contributed by atoms with Crippen LogP contribution in [0.4, 0.5) is 5.82 Å². The third-order valence-corrected chi connectivity index (χ3v) is 4.60. The summed E-state index contributed by atoms with van der Waals surface area (Å²) in [7, 11) is 1.57. The molecule has 140 valence electrons. The van der Waals surface area contributed by atoms with Crippen LogP contribution in [0.2, 0.25) is 0 Å². The standard InChI is InChI=1S/C21H18N4O3/c1-3-9-28-18-10-14(6-7-17(18)27-2)16-11-19(26)24-21-20(16)23-13-25(21)15-5-4-8-22-12-15/h1,4-8,10,12-13,16H,9,11H2,2H3,(H,24,26)/t16-/m1/s1. The van der Waals surface area contributed by atoms with E-state index < -0.39 is 0 Å². The van der Waals surface area contributed by atoms with Crippen LogP contribution in [0.1, 0.15) is 23.6 Å². The molecule has 0 saturated carbocycles. The van der Waals surface area contributed by atoms with E-state index in [0.29, 0.717) is 17.3 Å². The number of benzene rings is 1. The Morgan fingerprint density at radius 3 is 3.00 bits per heavy atom. The van der Waals surface area contributed by atoms with Crippen LogP contribution >= 0.6 is 0 Å². The van der Waals surface area contributed by atoms with Gasteiger partial charge in [-0.2, -0.15) is 0 Å². The third-order valence-electron chi connectivity index (χ3n) is 4.60. The molecule has 0 radical (unpaired) electrons. The molecule has 3 aromatic rings. The van der Waals surface area contributed by atoms with Gasteiger partial charge < -0.3 is 14.8 Å². The lowest BCUT2D eigenvalue weighted by Crippen LogP contribution is -2.25. The number of carbonyl (C=O) groups excluding carboxylic acids is 1. The highest BCUT2D eigenvalue weighted by Crippen LogP contribution is 2.40. The number of rotatable bonds is 5. The Kier molecular flexibility index (Phi) is 4.68. The van der Waals surface area contributed by atoms with Crippen LogP contribution in [-0.4, -0.2) is 34.2 Å². The topological polar surface area (TPSA) is 78.3 Å². The summed E-state index contributed by atoms with van der Waals surface area (Å²) in [5, 5.41) is 2.93. The summed E-state index contributed by atoms with van der Waals surface area (Å²) in [5.74, 6) is 3.93. The van der Waals surface area contributed by atoms with Crippen molar-refractivity contribution in [2.24, 2.45) is 0 Å². The molecular formula is C21H18N4O3. The zero-order valence-corrected chi connectivity index (χ0v) is 15.3. The van der Waals surface area contributed by atoms with E-state index in [2.05, 4.69) is 21.2 Å². The van der Waals surface area contributed by atoms with Crippen molar-refractivity contribution in [2.45, 2.75) is 12.3 Å². The first-order chi connectivity index (χ1) is 13.7. The number of nitrogens with one attached hydrogen (secondary N) is 1. The van der Waals surface area contributed by atoms with Crippen molar-refractivity contribution >= 4 is 11.7 Å². The van der Waals surface area contributed by atoms with Crippen LogP contribution in [0.15, 0.2) is 49.1 Å². The van der Waals surface area contributed by atoms with Gasteiger partial charge in [-0.1, -0.05) is 12.0 Å². The van der Waals surface area contributed by atoms with Crippen molar-refractivity contribution in [3.8, 4) is 29.5 Å². The van der Waals surface area contributed by atoms with Gasteiger partial charge >= 0.3 is 0 Å². The number of hydrogen-bond donors (Lipinski definition) is 1. The number of fused-ring (bicyclic) bond motifs is 1. The minimum atomic E-state index is -0.208. The first-order valence-electron chi connectivity index (χ1n) is 8.73. The van der Waals surface area contributed by atoms with Gasteiger partial charge in [0.15, 0.2) is 11.5 Å². The Balaban J connectivity index is 1.76. The van der Waals surface area contributed by atoms with Gasteiger partial charge in [0.05, 0.1) is 24.7 Å².